The molecule has 0 bridgehead atoms. The van der Waals surface area contributed by atoms with E-state index in [1.807, 2.05) is 19.9 Å². The minimum atomic E-state index is -0.854. The van der Waals surface area contributed by atoms with Gasteiger partial charge in [-0.2, -0.15) is 0 Å². The molecule has 1 heterocycles. The number of likely N-dealkylation sites (tertiary alicyclic amines) is 1. The second-order valence-electron chi connectivity index (χ2n) is 5.78. The Hall–Kier alpha value is -1.76. The predicted molar refractivity (Wildman–Crippen MR) is 90.8 cm³/mol. The molecule has 2 amide bonds. The molecule has 0 aromatic heterocycles. The quantitative estimate of drug-likeness (QED) is 0.833. The number of piperidine rings is 1. The lowest BCUT2D eigenvalue weighted by atomic mass is 9.91. The number of hydrogen-bond donors (Lipinski definition) is 2. The van der Waals surface area contributed by atoms with Gasteiger partial charge in [-0.3, -0.25) is 4.79 Å². The molecule has 2 atom stereocenters. The van der Waals surface area contributed by atoms with Crippen molar-refractivity contribution in [1.82, 2.24) is 4.90 Å². The minimum Gasteiger partial charge on any atom is -0.492 e. The van der Waals surface area contributed by atoms with Crippen LogP contribution in [-0.4, -0.2) is 41.7 Å². The third kappa shape index (κ3) is 4.60. The Morgan fingerprint density at radius 3 is 2.83 bits per heavy atom. The van der Waals surface area contributed by atoms with Gasteiger partial charge in [0.2, 0.25) is 0 Å². The third-order valence-electron chi connectivity index (χ3n) is 3.78. The molecule has 1 aliphatic rings. The van der Waals surface area contributed by atoms with Gasteiger partial charge in [-0.25, -0.2) is 4.79 Å². The van der Waals surface area contributed by atoms with Crippen LogP contribution in [-0.2, 0) is 4.79 Å². The van der Waals surface area contributed by atoms with Crippen molar-refractivity contribution in [1.29, 1.82) is 0 Å². The van der Waals surface area contributed by atoms with Crippen molar-refractivity contribution in [3.8, 4) is 5.75 Å². The monoisotopic (exact) mass is 384 g/mol. The molecule has 7 heteroatoms. The molecule has 1 aromatic carbocycles. The van der Waals surface area contributed by atoms with E-state index < -0.39 is 11.9 Å². The Morgan fingerprint density at radius 2 is 2.17 bits per heavy atom. The number of ether oxygens (including phenoxy) is 1. The lowest BCUT2D eigenvalue weighted by molar-refractivity contribution is -0.143. The van der Waals surface area contributed by atoms with Gasteiger partial charge in [0, 0.05) is 17.6 Å². The summed E-state index contributed by atoms with van der Waals surface area (Å²) in [5, 5.41) is 12.0. The highest BCUT2D eigenvalue weighted by molar-refractivity contribution is 9.10. The number of aliphatic carboxylic acids is 1. The first-order valence-corrected chi connectivity index (χ1v) is 8.41. The van der Waals surface area contributed by atoms with Crippen molar-refractivity contribution in [2.75, 3.05) is 25.0 Å². The fourth-order valence-electron chi connectivity index (χ4n) is 2.76. The zero-order valence-corrected chi connectivity index (χ0v) is 14.8. The maximum Gasteiger partial charge on any atom is 0.321 e. The van der Waals surface area contributed by atoms with E-state index in [2.05, 4.69) is 21.2 Å². The molecule has 2 rings (SSSR count). The van der Waals surface area contributed by atoms with Crippen LogP contribution < -0.4 is 10.1 Å². The number of nitrogens with one attached hydrogen (secondary N) is 1. The second-order valence-corrected chi connectivity index (χ2v) is 6.70. The average molecular weight is 385 g/mol. The Morgan fingerprint density at radius 1 is 1.43 bits per heavy atom. The molecular weight excluding hydrogens is 364 g/mol. The van der Waals surface area contributed by atoms with Gasteiger partial charge < -0.3 is 20.1 Å². The zero-order valence-electron chi connectivity index (χ0n) is 13.2. The second kappa shape index (κ2) is 7.68. The minimum absolute atomic E-state index is 0.159. The van der Waals surface area contributed by atoms with Crippen LogP contribution in [0.2, 0.25) is 0 Å². The standard InChI is InChI=1S/C16H21BrN2O4/c1-3-23-14-7-12(17)4-5-13(14)18-16(22)19-8-10(2)6-11(9-19)15(20)21/h4-5,7,10-11H,3,6,8-9H2,1-2H3,(H,18,22)(H,20,21). The van der Waals surface area contributed by atoms with E-state index in [0.717, 1.165) is 4.47 Å². The molecule has 1 saturated heterocycles. The predicted octanol–water partition coefficient (Wildman–Crippen LogP) is 3.42. The number of amides is 2. The molecule has 0 saturated carbocycles. The van der Waals surface area contributed by atoms with Crippen LogP contribution in [0.25, 0.3) is 0 Å². The number of anilines is 1. The molecule has 2 unspecified atom stereocenters. The highest BCUT2D eigenvalue weighted by atomic mass is 79.9. The average Bonchev–Trinajstić information content (AvgIpc) is 2.49. The number of hydrogen-bond acceptors (Lipinski definition) is 3. The largest absolute Gasteiger partial charge is 0.492 e. The van der Waals surface area contributed by atoms with E-state index in [9.17, 15) is 14.7 Å². The molecule has 1 aliphatic heterocycles. The Labute approximate surface area is 143 Å². The van der Waals surface area contributed by atoms with E-state index >= 15 is 0 Å². The Balaban J connectivity index is 2.10. The summed E-state index contributed by atoms with van der Waals surface area (Å²) in [6, 6.07) is 5.07. The summed E-state index contributed by atoms with van der Waals surface area (Å²) in [4.78, 5) is 25.3. The van der Waals surface area contributed by atoms with Crippen LogP contribution in [0, 0.1) is 11.8 Å². The number of carbonyl (C=O) groups is 2. The SMILES string of the molecule is CCOc1cc(Br)ccc1NC(=O)N1CC(C)CC(C(=O)O)C1. The van der Waals surface area contributed by atoms with Crippen molar-refractivity contribution in [3.63, 3.8) is 0 Å². The van der Waals surface area contributed by atoms with Gasteiger partial charge in [0.1, 0.15) is 5.75 Å². The molecule has 1 fully saturated rings. The van der Waals surface area contributed by atoms with Crippen molar-refractivity contribution >= 4 is 33.6 Å². The van der Waals surface area contributed by atoms with E-state index in [0.29, 0.717) is 31.0 Å². The number of urea groups is 1. The van der Waals surface area contributed by atoms with Crippen LogP contribution in [0.1, 0.15) is 20.3 Å². The maximum absolute atomic E-state index is 12.5. The van der Waals surface area contributed by atoms with Gasteiger partial charge in [0.15, 0.2) is 0 Å². The molecule has 2 N–H and O–H groups in total. The van der Waals surface area contributed by atoms with Crippen LogP contribution in [0.5, 0.6) is 5.75 Å². The Kier molecular flexibility index (Phi) is 5.87. The number of nitrogens with zero attached hydrogens (tertiary/aromatic N) is 1. The summed E-state index contributed by atoms with van der Waals surface area (Å²) >= 11 is 3.37. The summed E-state index contributed by atoms with van der Waals surface area (Å²) in [5.74, 6) is -0.629. The van der Waals surface area contributed by atoms with Gasteiger partial charge in [-0.15, -0.1) is 0 Å². The normalized spacial score (nSPS) is 20.9. The summed E-state index contributed by atoms with van der Waals surface area (Å²) in [7, 11) is 0. The molecule has 1 aromatic rings. The maximum atomic E-state index is 12.5. The number of rotatable bonds is 4. The molecule has 23 heavy (non-hydrogen) atoms. The number of benzene rings is 1. The van der Waals surface area contributed by atoms with Gasteiger partial charge in [-0.1, -0.05) is 22.9 Å². The number of carboxylic acid groups (broad SMARTS) is 1. The fourth-order valence-corrected chi connectivity index (χ4v) is 3.10. The van der Waals surface area contributed by atoms with Crippen molar-refractivity contribution < 1.29 is 19.4 Å². The van der Waals surface area contributed by atoms with Gasteiger partial charge in [-0.05, 0) is 37.5 Å². The number of halogens is 1. The van der Waals surface area contributed by atoms with Crippen LogP contribution in [0.15, 0.2) is 22.7 Å². The van der Waals surface area contributed by atoms with Gasteiger partial charge in [0.25, 0.3) is 0 Å². The first kappa shape index (κ1) is 17.6. The van der Waals surface area contributed by atoms with Crippen LogP contribution in [0.3, 0.4) is 0 Å². The summed E-state index contributed by atoms with van der Waals surface area (Å²) < 4.78 is 6.39. The van der Waals surface area contributed by atoms with Crippen LogP contribution in [0.4, 0.5) is 10.5 Å². The number of carbonyl (C=O) groups excluding carboxylic acids is 1. The molecule has 126 valence electrons. The van der Waals surface area contributed by atoms with E-state index in [4.69, 9.17) is 4.74 Å². The summed E-state index contributed by atoms with van der Waals surface area (Å²) in [6.07, 6.45) is 0.599. The van der Waals surface area contributed by atoms with E-state index in [1.54, 1.807) is 17.0 Å². The first-order valence-electron chi connectivity index (χ1n) is 7.61. The van der Waals surface area contributed by atoms with Gasteiger partial charge in [0.05, 0.1) is 18.2 Å². The molecule has 0 aliphatic carbocycles. The van der Waals surface area contributed by atoms with Gasteiger partial charge >= 0.3 is 12.0 Å². The first-order chi connectivity index (χ1) is 10.9. The smallest absolute Gasteiger partial charge is 0.321 e. The van der Waals surface area contributed by atoms with E-state index in [1.165, 1.54) is 0 Å². The highest BCUT2D eigenvalue weighted by Gasteiger charge is 2.32. The molecular formula is C16H21BrN2O4. The topological polar surface area (TPSA) is 78.9 Å². The third-order valence-corrected chi connectivity index (χ3v) is 4.27. The number of carboxylic acids is 1. The lowest BCUT2D eigenvalue weighted by Crippen LogP contribution is -2.47. The summed E-state index contributed by atoms with van der Waals surface area (Å²) in [6.45, 7) is 5.10. The zero-order chi connectivity index (χ0) is 17.0. The fraction of sp³-hybridized carbons (Fsp3) is 0.500. The molecule has 0 spiro atoms. The van der Waals surface area contributed by atoms with Crippen molar-refractivity contribution in [2.24, 2.45) is 11.8 Å². The Bertz CT molecular complexity index is 593. The van der Waals surface area contributed by atoms with Crippen molar-refractivity contribution in [2.45, 2.75) is 20.3 Å². The summed E-state index contributed by atoms with van der Waals surface area (Å²) in [5.41, 5.74) is 0.574. The van der Waals surface area contributed by atoms with E-state index in [-0.39, 0.29) is 18.5 Å². The van der Waals surface area contributed by atoms with Crippen LogP contribution >= 0.6 is 15.9 Å². The van der Waals surface area contributed by atoms with Crippen molar-refractivity contribution in [3.05, 3.63) is 22.7 Å². The molecule has 0 radical (unpaired) electrons. The highest BCUT2D eigenvalue weighted by Crippen LogP contribution is 2.29. The lowest BCUT2D eigenvalue weighted by Gasteiger charge is -2.34. The molecule has 6 nitrogen and oxygen atoms in total.